The fraction of sp³-hybridized carbons (Fsp3) is 0.238. The van der Waals surface area contributed by atoms with Gasteiger partial charge in [-0.15, -0.1) is 4.83 Å². The third kappa shape index (κ3) is 5.88. The van der Waals surface area contributed by atoms with E-state index in [2.05, 4.69) is 25.5 Å². The largest absolute Gasteiger partial charge is 0.493 e. The molecular weight excluding hydrogens is 464 g/mol. The SMILES string of the molecule is COc1ccc(CCNc2ncnc(NNS(=O)(=O)c3ccc(C)cc3)c2[N+](=O)[O-])cc1OC. The Kier molecular flexibility index (Phi) is 7.81. The number of hydrazine groups is 1. The van der Waals surface area contributed by atoms with E-state index in [9.17, 15) is 18.5 Å². The van der Waals surface area contributed by atoms with E-state index in [1.807, 2.05) is 19.1 Å². The Balaban J connectivity index is 1.72. The van der Waals surface area contributed by atoms with Crippen molar-refractivity contribution in [2.45, 2.75) is 18.2 Å². The van der Waals surface area contributed by atoms with E-state index in [4.69, 9.17) is 9.47 Å². The third-order valence-electron chi connectivity index (χ3n) is 4.79. The minimum absolute atomic E-state index is 0.00410. The van der Waals surface area contributed by atoms with Gasteiger partial charge in [0.25, 0.3) is 10.0 Å². The first-order chi connectivity index (χ1) is 16.2. The number of hydrogen-bond donors (Lipinski definition) is 3. The molecule has 1 aromatic heterocycles. The van der Waals surface area contributed by atoms with Crippen LogP contribution in [0.25, 0.3) is 0 Å². The third-order valence-corrected chi connectivity index (χ3v) is 6.06. The molecule has 0 aliphatic carbocycles. The topological polar surface area (TPSA) is 158 Å². The Labute approximate surface area is 196 Å². The smallest absolute Gasteiger partial charge is 0.354 e. The Hall–Kier alpha value is -3.97. The van der Waals surface area contributed by atoms with Crippen molar-refractivity contribution in [1.82, 2.24) is 14.8 Å². The number of sulfonamides is 1. The molecule has 3 aromatic rings. The molecule has 0 aliphatic rings. The van der Waals surface area contributed by atoms with E-state index < -0.39 is 20.6 Å². The fourth-order valence-corrected chi connectivity index (χ4v) is 3.87. The van der Waals surface area contributed by atoms with Crippen molar-refractivity contribution in [3.8, 4) is 11.5 Å². The molecule has 0 saturated heterocycles. The van der Waals surface area contributed by atoms with Gasteiger partial charge in [-0.25, -0.2) is 18.4 Å². The first-order valence-corrected chi connectivity index (χ1v) is 11.5. The molecule has 13 heteroatoms. The molecule has 0 radical (unpaired) electrons. The van der Waals surface area contributed by atoms with E-state index in [1.54, 1.807) is 25.3 Å². The number of anilines is 2. The normalized spacial score (nSPS) is 11.0. The number of aromatic nitrogens is 2. The van der Waals surface area contributed by atoms with Crippen molar-refractivity contribution in [2.24, 2.45) is 0 Å². The standard InChI is InChI=1S/C21H24N6O6S/c1-14-4-7-16(8-5-14)34(30,31)26-25-21-19(27(28)29)20(23-13-24-21)22-11-10-15-6-9-17(32-2)18(12-15)33-3/h4-9,12-13,26H,10-11H2,1-3H3,(H2,22,23,24,25). The molecule has 180 valence electrons. The van der Waals surface area contributed by atoms with Gasteiger partial charge in [-0.1, -0.05) is 23.8 Å². The van der Waals surface area contributed by atoms with E-state index in [1.165, 1.54) is 19.2 Å². The number of rotatable bonds is 11. The van der Waals surface area contributed by atoms with Gasteiger partial charge in [-0.05, 0) is 43.2 Å². The number of nitrogens with zero attached hydrogens (tertiary/aromatic N) is 3. The Morgan fingerprint density at radius 3 is 2.32 bits per heavy atom. The summed E-state index contributed by atoms with van der Waals surface area (Å²) in [6, 6.07) is 11.6. The quantitative estimate of drug-likeness (QED) is 0.271. The van der Waals surface area contributed by atoms with Gasteiger partial charge in [0.05, 0.1) is 24.0 Å². The summed E-state index contributed by atoms with van der Waals surface area (Å²) in [5.74, 6) is 0.802. The molecule has 0 unspecified atom stereocenters. The highest BCUT2D eigenvalue weighted by molar-refractivity contribution is 7.89. The van der Waals surface area contributed by atoms with E-state index >= 15 is 0 Å². The summed E-state index contributed by atoms with van der Waals surface area (Å²) in [7, 11) is -0.908. The number of nitrogens with one attached hydrogen (secondary N) is 3. The number of nitro groups is 1. The molecule has 0 atom stereocenters. The van der Waals surface area contributed by atoms with Crippen LogP contribution in [-0.2, 0) is 16.4 Å². The van der Waals surface area contributed by atoms with Crippen LogP contribution in [0.1, 0.15) is 11.1 Å². The first kappa shape index (κ1) is 24.7. The van der Waals surface area contributed by atoms with Gasteiger partial charge in [0.2, 0.25) is 11.6 Å². The van der Waals surface area contributed by atoms with Crippen LogP contribution < -0.4 is 25.0 Å². The lowest BCUT2D eigenvalue weighted by atomic mass is 10.1. The number of aryl methyl sites for hydroxylation is 1. The van der Waals surface area contributed by atoms with Gasteiger partial charge in [-0.2, -0.15) is 0 Å². The van der Waals surface area contributed by atoms with Crippen molar-refractivity contribution in [2.75, 3.05) is 31.5 Å². The summed E-state index contributed by atoms with van der Waals surface area (Å²) in [6.45, 7) is 2.13. The highest BCUT2D eigenvalue weighted by atomic mass is 32.2. The number of hydrogen-bond acceptors (Lipinski definition) is 10. The second kappa shape index (κ2) is 10.8. The molecule has 3 N–H and O–H groups in total. The van der Waals surface area contributed by atoms with Crippen LogP contribution in [0.3, 0.4) is 0 Å². The van der Waals surface area contributed by atoms with E-state index in [0.29, 0.717) is 24.5 Å². The highest BCUT2D eigenvalue weighted by Crippen LogP contribution is 2.30. The molecule has 3 rings (SSSR count). The minimum atomic E-state index is -3.98. The Bertz CT molecular complexity index is 1270. The summed E-state index contributed by atoms with van der Waals surface area (Å²) in [5.41, 5.74) is 3.62. The second-order valence-electron chi connectivity index (χ2n) is 7.09. The average molecular weight is 489 g/mol. The molecule has 0 aliphatic heterocycles. The van der Waals surface area contributed by atoms with E-state index in [-0.39, 0.29) is 16.5 Å². The van der Waals surface area contributed by atoms with Gasteiger partial charge >= 0.3 is 5.69 Å². The molecule has 0 spiro atoms. The fourth-order valence-electron chi connectivity index (χ4n) is 3.03. The second-order valence-corrected chi connectivity index (χ2v) is 8.77. The molecule has 0 saturated carbocycles. The van der Waals surface area contributed by atoms with Gasteiger partial charge in [0.15, 0.2) is 11.5 Å². The van der Waals surface area contributed by atoms with Crippen LogP contribution in [-0.4, -0.2) is 44.1 Å². The van der Waals surface area contributed by atoms with Crippen molar-refractivity contribution in [3.05, 3.63) is 70.0 Å². The molecule has 12 nitrogen and oxygen atoms in total. The van der Waals surface area contributed by atoms with Crippen molar-refractivity contribution in [3.63, 3.8) is 0 Å². The lowest BCUT2D eigenvalue weighted by Crippen LogP contribution is -2.30. The Morgan fingerprint density at radius 2 is 1.68 bits per heavy atom. The molecule has 0 amide bonds. The number of benzene rings is 2. The van der Waals surface area contributed by atoms with Gasteiger partial charge in [-0.3, -0.25) is 15.5 Å². The summed E-state index contributed by atoms with van der Waals surface area (Å²) in [4.78, 5) is 20.9. The lowest BCUT2D eigenvalue weighted by Gasteiger charge is -2.12. The predicted molar refractivity (Wildman–Crippen MR) is 126 cm³/mol. The summed E-state index contributed by atoms with van der Waals surface area (Å²) in [5, 5.41) is 14.6. The van der Waals surface area contributed by atoms with Crippen molar-refractivity contribution >= 4 is 27.3 Å². The first-order valence-electron chi connectivity index (χ1n) is 10.0. The number of methoxy groups -OCH3 is 2. The van der Waals surface area contributed by atoms with E-state index in [0.717, 1.165) is 17.5 Å². The minimum Gasteiger partial charge on any atom is -0.493 e. The van der Waals surface area contributed by atoms with Crippen LogP contribution >= 0.6 is 0 Å². The number of ether oxygens (including phenoxy) is 2. The summed E-state index contributed by atoms with van der Waals surface area (Å²) >= 11 is 0. The van der Waals surface area contributed by atoms with Crippen LogP contribution in [0.15, 0.2) is 53.7 Å². The maximum Gasteiger partial charge on any atom is 0.354 e. The van der Waals surface area contributed by atoms with Gasteiger partial charge in [0, 0.05) is 6.54 Å². The average Bonchev–Trinajstić information content (AvgIpc) is 2.82. The van der Waals surface area contributed by atoms with Crippen LogP contribution in [0.2, 0.25) is 0 Å². The lowest BCUT2D eigenvalue weighted by molar-refractivity contribution is -0.383. The molecular formula is C21H24N6O6S. The maximum atomic E-state index is 12.5. The zero-order valence-electron chi connectivity index (χ0n) is 18.7. The molecule has 1 heterocycles. The molecule has 0 bridgehead atoms. The highest BCUT2D eigenvalue weighted by Gasteiger charge is 2.24. The molecule has 34 heavy (non-hydrogen) atoms. The van der Waals surface area contributed by atoms with Crippen LogP contribution in [0, 0.1) is 17.0 Å². The van der Waals surface area contributed by atoms with Gasteiger partial charge < -0.3 is 14.8 Å². The zero-order valence-corrected chi connectivity index (χ0v) is 19.5. The zero-order chi connectivity index (χ0) is 24.7. The Morgan fingerprint density at radius 1 is 1.00 bits per heavy atom. The maximum absolute atomic E-state index is 12.5. The monoisotopic (exact) mass is 488 g/mol. The summed E-state index contributed by atoms with van der Waals surface area (Å²) < 4.78 is 35.5. The van der Waals surface area contributed by atoms with Gasteiger partial charge in [0.1, 0.15) is 6.33 Å². The molecule has 2 aromatic carbocycles. The predicted octanol–water partition coefficient (Wildman–Crippen LogP) is 2.67. The summed E-state index contributed by atoms with van der Waals surface area (Å²) in [6.07, 6.45) is 1.60. The van der Waals surface area contributed by atoms with Crippen molar-refractivity contribution in [1.29, 1.82) is 0 Å². The van der Waals surface area contributed by atoms with Crippen LogP contribution in [0.5, 0.6) is 11.5 Å². The molecule has 0 fully saturated rings. The van der Waals surface area contributed by atoms with Crippen LogP contribution in [0.4, 0.5) is 17.3 Å². The van der Waals surface area contributed by atoms with Crippen molar-refractivity contribution < 1.29 is 22.8 Å².